The Hall–Kier alpha value is -1.89. The molecule has 1 atom stereocenters. The summed E-state index contributed by atoms with van der Waals surface area (Å²) in [5, 5.41) is 17.6. The fraction of sp³-hybridized carbons (Fsp3) is 0.118. The highest BCUT2D eigenvalue weighted by Crippen LogP contribution is 2.31. The van der Waals surface area contributed by atoms with E-state index in [1.165, 1.54) is 17.6 Å². The maximum Gasteiger partial charge on any atom is 0.252 e. The molecule has 118 valence electrons. The molecule has 0 aliphatic rings. The normalized spacial score (nSPS) is 13.5. The monoisotopic (exact) mass is 391 g/mol. The van der Waals surface area contributed by atoms with Crippen molar-refractivity contribution in [3.05, 3.63) is 80.8 Å². The number of carbonyl (C=O) groups excluding carboxylic acids is 1. The number of halogens is 1. The van der Waals surface area contributed by atoms with Crippen molar-refractivity contribution in [2.45, 2.75) is 5.60 Å². The standard InChI is InChI=1S/C17H14BrNO3S/c18-14-5-2-1-4-13(14)16(20)19-11-17(21,12-7-9-23-10-12)15-6-3-8-22-15/h1-10,21H,11H2,(H,19,20). The van der Waals surface area contributed by atoms with Gasteiger partial charge in [0, 0.05) is 10.0 Å². The molecule has 6 heteroatoms. The third kappa shape index (κ3) is 3.24. The summed E-state index contributed by atoms with van der Waals surface area (Å²) in [6.07, 6.45) is 1.50. The molecule has 0 aliphatic heterocycles. The van der Waals surface area contributed by atoms with Gasteiger partial charge in [0.2, 0.25) is 0 Å². The van der Waals surface area contributed by atoms with Crippen LogP contribution in [0, 0.1) is 0 Å². The molecule has 0 bridgehead atoms. The molecule has 4 nitrogen and oxygen atoms in total. The third-order valence-electron chi connectivity index (χ3n) is 3.55. The van der Waals surface area contributed by atoms with Crippen molar-refractivity contribution in [3.8, 4) is 0 Å². The van der Waals surface area contributed by atoms with Crippen LogP contribution in [-0.2, 0) is 5.60 Å². The predicted molar refractivity (Wildman–Crippen MR) is 92.5 cm³/mol. The number of aliphatic hydroxyl groups is 1. The average molecular weight is 392 g/mol. The van der Waals surface area contributed by atoms with Crippen molar-refractivity contribution in [3.63, 3.8) is 0 Å². The maximum absolute atomic E-state index is 12.4. The van der Waals surface area contributed by atoms with Gasteiger partial charge >= 0.3 is 0 Å². The molecular weight excluding hydrogens is 378 g/mol. The first-order valence-corrected chi connectivity index (χ1v) is 8.66. The summed E-state index contributed by atoms with van der Waals surface area (Å²) in [7, 11) is 0. The van der Waals surface area contributed by atoms with E-state index in [4.69, 9.17) is 4.42 Å². The van der Waals surface area contributed by atoms with Gasteiger partial charge in [-0.25, -0.2) is 0 Å². The molecule has 0 spiro atoms. The lowest BCUT2D eigenvalue weighted by Gasteiger charge is -2.25. The highest BCUT2D eigenvalue weighted by molar-refractivity contribution is 9.10. The van der Waals surface area contributed by atoms with E-state index in [1.54, 1.807) is 30.3 Å². The lowest BCUT2D eigenvalue weighted by atomic mass is 9.93. The highest BCUT2D eigenvalue weighted by Gasteiger charge is 2.35. The number of hydrogen-bond donors (Lipinski definition) is 2. The molecule has 0 fully saturated rings. The molecule has 0 saturated carbocycles. The maximum atomic E-state index is 12.4. The first-order chi connectivity index (χ1) is 11.1. The van der Waals surface area contributed by atoms with Gasteiger partial charge in [-0.05, 0) is 57.0 Å². The fourth-order valence-electron chi connectivity index (χ4n) is 2.29. The van der Waals surface area contributed by atoms with Gasteiger partial charge in [-0.2, -0.15) is 11.3 Å². The molecule has 0 radical (unpaired) electrons. The van der Waals surface area contributed by atoms with Crippen LogP contribution in [0.15, 0.2) is 68.4 Å². The Morgan fingerprint density at radius 1 is 1.26 bits per heavy atom. The Morgan fingerprint density at radius 2 is 2.09 bits per heavy atom. The van der Waals surface area contributed by atoms with Crippen molar-refractivity contribution in [1.29, 1.82) is 0 Å². The Labute approximate surface area is 145 Å². The fourth-order valence-corrected chi connectivity index (χ4v) is 3.48. The summed E-state index contributed by atoms with van der Waals surface area (Å²) in [5.41, 5.74) is -0.204. The average Bonchev–Trinajstić information content (AvgIpc) is 3.25. The summed E-state index contributed by atoms with van der Waals surface area (Å²) >= 11 is 4.83. The molecule has 3 aromatic rings. The number of benzene rings is 1. The lowest BCUT2D eigenvalue weighted by Crippen LogP contribution is -2.41. The largest absolute Gasteiger partial charge is 0.466 e. The summed E-state index contributed by atoms with van der Waals surface area (Å²) in [6.45, 7) is 0.0113. The van der Waals surface area contributed by atoms with Crippen LogP contribution in [0.1, 0.15) is 21.7 Å². The van der Waals surface area contributed by atoms with Crippen molar-refractivity contribution >= 4 is 33.2 Å². The SMILES string of the molecule is O=C(NCC(O)(c1ccsc1)c1ccco1)c1ccccc1Br. The summed E-state index contributed by atoms with van der Waals surface area (Å²) in [6, 6.07) is 12.4. The van der Waals surface area contributed by atoms with Crippen molar-refractivity contribution < 1.29 is 14.3 Å². The van der Waals surface area contributed by atoms with Crippen LogP contribution in [0.2, 0.25) is 0 Å². The minimum atomic E-state index is -1.40. The van der Waals surface area contributed by atoms with E-state index in [2.05, 4.69) is 21.2 Å². The number of carbonyl (C=O) groups is 1. The number of rotatable bonds is 5. The predicted octanol–water partition coefficient (Wildman–Crippen LogP) is 3.77. The van der Waals surface area contributed by atoms with E-state index in [0.717, 1.165) is 0 Å². The van der Waals surface area contributed by atoms with E-state index >= 15 is 0 Å². The van der Waals surface area contributed by atoms with E-state index in [0.29, 0.717) is 21.4 Å². The molecule has 3 rings (SSSR count). The summed E-state index contributed by atoms with van der Waals surface area (Å²) in [4.78, 5) is 12.4. The van der Waals surface area contributed by atoms with Crippen LogP contribution in [0.3, 0.4) is 0 Å². The summed E-state index contributed by atoms with van der Waals surface area (Å²) < 4.78 is 6.08. The van der Waals surface area contributed by atoms with Crippen LogP contribution >= 0.6 is 27.3 Å². The highest BCUT2D eigenvalue weighted by atomic mass is 79.9. The van der Waals surface area contributed by atoms with E-state index in [-0.39, 0.29) is 12.5 Å². The van der Waals surface area contributed by atoms with Gasteiger partial charge in [0.05, 0.1) is 18.4 Å². The lowest BCUT2D eigenvalue weighted by molar-refractivity contribution is 0.0528. The zero-order valence-electron chi connectivity index (χ0n) is 12.0. The molecule has 0 saturated heterocycles. The first-order valence-electron chi connectivity index (χ1n) is 6.93. The van der Waals surface area contributed by atoms with E-state index in [1.807, 2.05) is 22.9 Å². The van der Waals surface area contributed by atoms with Crippen molar-refractivity contribution in [1.82, 2.24) is 5.32 Å². The minimum absolute atomic E-state index is 0.0113. The third-order valence-corrected chi connectivity index (χ3v) is 4.93. The molecule has 1 aromatic carbocycles. The minimum Gasteiger partial charge on any atom is -0.466 e. The van der Waals surface area contributed by atoms with Crippen LogP contribution in [0.4, 0.5) is 0 Å². The quantitative estimate of drug-likeness (QED) is 0.695. The van der Waals surface area contributed by atoms with Gasteiger partial charge in [0.15, 0.2) is 5.60 Å². The zero-order chi connectivity index (χ0) is 16.3. The molecule has 0 aliphatic carbocycles. The second-order valence-electron chi connectivity index (χ2n) is 5.01. The van der Waals surface area contributed by atoms with Gasteiger partial charge < -0.3 is 14.8 Å². The van der Waals surface area contributed by atoms with Gasteiger partial charge in [0.1, 0.15) is 5.76 Å². The van der Waals surface area contributed by atoms with E-state index < -0.39 is 5.60 Å². The Bertz CT molecular complexity index is 750. The van der Waals surface area contributed by atoms with Gasteiger partial charge in [-0.3, -0.25) is 4.79 Å². The van der Waals surface area contributed by atoms with Crippen LogP contribution in [-0.4, -0.2) is 17.6 Å². The smallest absolute Gasteiger partial charge is 0.252 e. The number of thiophene rings is 1. The van der Waals surface area contributed by atoms with Crippen molar-refractivity contribution in [2.24, 2.45) is 0 Å². The zero-order valence-corrected chi connectivity index (χ0v) is 14.4. The molecular formula is C17H14BrNO3S. The molecule has 1 unspecified atom stereocenters. The van der Waals surface area contributed by atoms with Gasteiger partial charge in [-0.15, -0.1) is 0 Å². The number of furan rings is 1. The number of hydrogen-bond acceptors (Lipinski definition) is 4. The first kappa shape index (κ1) is 16.0. The number of amides is 1. The van der Waals surface area contributed by atoms with E-state index in [9.17, 15) is 9.90 Å². The Morgan fingerprint density at radius 3 is 2.74 bits per heavy atom. The Balaban J connectivity index is 1.84. The molecule has 2 heterocycles. The number of nitrogens with one attached hydrogen (secondary N) is 1. The second-order valence-corrected chi connectivity index (χ2v) is 6.65. The molecule has 1 amide bonds. The van der Waals surface area contributed by atoms with Crippen LogP contribution in [0.25, 0.3) is 0 Å². The Kier molecular flexibility index (Phi) is 4.66. The van der Waals surface area contributed by atoms with Gasteiger partial charge in [-0.1, -0.05) is 12.1 Å². The molecule has 2 N–H and O–H groups in total. The topological polar surface area (TPSA) is 62.5 Å². The summed E-state index contributed by atoms with van der Waals surface area (Å²) in [5.74, 6) is 0.126. The van der Waals surface area contributed by atoms with Gasteiger partial charge in [0.25, 0.3) is 5.91 Å². The van der Waals surface area contributed by atoms with Crippen molar-refractivity contribution in [2.75, 3.05) is 6.54 Å². The van der Waals surface area contributed by atoms with Crippen LogP contribution < -0.4 is 5.32 Å². The van der Waals surface area contributed by atoms with Crippen LogP contribution in [0.5, 0.6) is 0 Å². The second kappa shape index (κ2) is 6.70. The molecule has 2 aromatic heterocycles. The molecule has 23 heavy (non-hydrogen) atoms.